The van der Waals surface area contributed by atoms with Gasteiger partial charge in [-0.2, -0.15) is 5.10 Å². The van der Waals surface area contributed by atoms with Crippen molar-refractivity contribution >= 4 is 12.2 Å². The van der Waals surface area contributed by atoms with Gasteiger partial charge in [0.1, 0.15) is 6.61 Å². The van der Waals surface area contributed by atoms with Crippen LogP contribution in [0.5, 0.6) is 0 Å². The molecule has 16 heavy (non-hydrogen) atoms. The van der Waals surface area contributed by atoms with E-state index in [-0.39, 0.29) is 6.61 Å². The number of hydrogen-bond donors (Lipinski definition) is 2. The van der Waals surface area contributed by atoms with Crippen LogP contribution in [0.4, 0.5) is 0 Å². The minimum absolute atomic E-state index is 0.0624. The molecule has 0 saturated carbocycles. The number of nitrogens with one attached hydrogen (secondary N) is 1. The molecule has 1 fully saturated rings. The Morgan fingerprint density at radius 1 is 1.25 bits per heavy atom. The molecule has 2 rings (SSSR count). The van der Waals surface area contributed by atoms with E-state index in [2.05, 4.69) is 15.1 Å². The summed E-state index contributed by atoms with van der Waals surface area (Å²) in [5, 5.41) is 15.8. The highest BCUT2D eigenvalue weighted by molar-refractivity contribution is 7.71. The number of aliphatic hydroxyl groups is 1. The summed E-state index contributed by atoms with van der Waals surface area (Å²) < 4.78 is 2.48. The molecule has 1 saturated heterocycles. The van der Waals surface area contributed by atoms with Gasteiger partial charge in [0.15, 0.2) is 10.6 Å². The number of piperidine rings is 1. The van der Waals surface area contributed by atoms with Crippen molar-refractivity contribution < 1.29 is 5.11 Å². The quantitative estimate of drug-likeness (QED) is 0.771. The van der Waals surface area contributed by atoms with Crippen LogP contribution in [-0.2, 0) is 13.2 Å². The molecule has 0 atom stereocenters. The van der Waals surface area contributed by atoms with Gasteiger partial charge in [0.05, 0.1) is 0 Å². The summed E-state index contributed by atoms with van der Waals surface area (Å²) in [6.45, 7) is 4.10. The molecule has 0 radical (unpaired) electrons. The number of aliphatic hydroxyl groups excluding tert-OH is 1. The molecule has 1 aromatic heterocycles. The second-order valence-corrected chi connectivity index (χ2v) is 4.54. The first-order chi connectivity index (χ1) is 7.81. The zero-order valence-corrected chi connectivity index (χ0v) is 10.2. The van der Waals surface area contributed by atoms with Crippen LogP contribution in [0.2, 0.25) is 0 Å². The van der Waals surface area contributed by atoms with Crippen LogP contribution >= 0.6 is 12.2 Å². The fraction of sp³-hybridized carbons (Fsp3) is 0.800. The molecule has 0 aromatic carbocycles. The van der Waals surface area contributed by atoms with Crippen LogP contribution in [0.1, 0.15) is 25.1 Å². The lowest BCUT2D eigenvalue weighted by atomic mass is 10.1. The van der Waals surface area contributed by atoms with Gasteiger partial charge in [-0.15, -0.1) is 0 Å². The van der Waals surface area contributed by atoms with Crippen LogP contribution in [0.3, 0.4) is 0 Å². The normalized spacial score (nSPS) is 17.8. The lowest BCUT2D eigenvalue weighted by Crippen LogP contribution is -2.32. The zero-order chi connectivity index (χ0) is 11.4. The van der Waals surface area contributed by atoms with Gasteiger partial charge in [-0.3, -0.25) is 5.10 Å². The summed E-state index contributed by atoms with van der Waals surface area (Å²) >= 11 is 5.12. The van der Waals surface area contributed by atoms with Crippen molar-refractivity contribution in [3.05, 3.63) is 10.6 Å². The first-order valence-corrected chi connectivity index (χ1v) is 6.19. The third kappa shape index (κ3) is 2.69. The summed E-state index contributed by atoms with van der Waals surface area (Å²) in [5.41, 5.74) is 0. The van der Waals surface area contributed by atoms with Crippen LogP contribution in [0.25, 0.3) is 0 Å². The number of aromatic amines is 1. The Labute approximate surface area is 100 Å². The SMILES string of the molecule is OCc1n[nH]c(=S)n1CCN1CCCCC1. The third-order valence-electron chi connectivity index (χ3n) is 3.07. The molecule has 2 N–H and O–H groups in total. The molecule has 0 aliphatic carbocycles. The summed E-state index contributed by atoms with van der Waals surface area (Å²) in [6, 6.07) is 0. The highest BCUT2D eigenvalue weighted by Crippen LogP contribution is 2.08. The Balaban J connectivity index is 1.93. The average molecular weight is 242 g/mol. The smallest absolute Gasteiger partial charge is 0.195 e. The van der Waals surface area contributed by atoms with Crippen molar-refractivity contribution in [2.45, 2.75) is 32.4 Å². The van der Waals surface area contributed by atoms with Gasteiger partial charge in [0.2, 0.25) is 0 Å². The van der Waals surface area contributed by atoms with Gasteiger partial charge in [-0.25, -0.2) is 0 Å². The van der Waals surface area contributed by atoms with Gasteiger partial charge in [-0.05, 0) is 38.1 Å². The first kappa shape index (κ1) is 11.8. The van der Waals surface area contributed by atoms with Gasteiger partial charge in [0, 0.05) is 13.1 Å². The van der Waals surface area contributed by atoms with E-state index in [9.17, 15) is 0 Å². The molecule has 90 valence electrons. The highest BCUT2D eigenvalue weighted by atomic mass is 32.1. The van der Waals surface area contributed by atoms with E-state index in [4.69, 9.17) is 17.3 Å². The predicted octanol–water partition coefficient (Wildman–Crippen LogP) is 0.919. The molecule has 5 nitrogen and oxygen atoms in total. The topological polar surface area (TPSA) is 57.1 Å². The number of aromatic nitrogens is 3. The Morgan fingerprint density at radius 3 is 2.69 bits per heavy atom. The van der Waals surface area contributed by atoms with E-state index >= 15 is 0 Å². The molecule has 6 heteroatoms. The number of rotatable bonds is 4. The Bertz CT molecular complexity index is 380. The predicted molar refractivity (Wildman–Crippen MR) is 63.6 cm³/mol. The summed E-state index contributed by atoms with van der Waals surface area (Å²) in [4.78, 5) is 2.44. The van der Waals surface area contributed by atoms with Crippen LogP contribution in [0.15, 0.2) is 0 Å². The lowest BCUT2D eigenvalue weighted by molar-refractivity contribution is 0.215. The van der Waals surface area contributed by atoms with Crippen LogP contribution < -0.4 is 0 Å². The highest BCUT2D eigenvalue weighted by Gasteiger charge is 2.11. The molecule has 1 aliphatic rings. The fourth-order valence-electron chi connectivity index (χ4n) is 2.13. The summed E-state index contributed by atoms with van der Waals surface area (Å²) in [7, 11) is 0. The molecular weight excluding hydrogens is 224 g/mol. The van der Waals surface area contributed by atoms with E-state index in [1.807, 2.05) is 4.57 Å². The van der Waals surface area contributed by atoms with E-state index < -0.39 is 0 Å². The standard InChI is InChI=1S/C10H18N4OS/c15-8-9-11-12-10(16)14(9)7-6-13-4-2-1-3-5-13/h15H,1-8H2,(H,12,16). The Kier molecular flexibility index (Phi) is 4.09. The van der Waals surface area contributed by atoms with Crippen molar-refractivity contribution in [2.75, 3.05) is 19.6 Å². The first-order valence-electron chi connectivity index (χ1n) is 5.78. The molecule has 2 heterocycles. The number of H-pyrrole nitrogens is 1. The van der Waals surface area contributed by atoms with E-state index in [0.717, 1.165) is 13.1 Å². The van der Waals surface area contributed by atoms with Crippen molar-refractivity contribution in [1.82, 2.24) is 19.7 Å². The van der Waals surface area contributed by atoms with E-state index in [1.54, 1.807) is 0 Å². The number of hydrogen-bond acceptors (Lipinski definition) is 4. The molecule has 0 bridgehead atoms. The Morgan fingerprint density at radius 2 is 2.00 bits per heavy atom. The molecule has 1 aromatic rings. The van der Waals surface area contributed by atoms with Crippen molar-refractivity contribution in [3.8, 4) is 0 Å². The maximum absolute atomic E-state index is 9.11. The monoisotopic (exact) mass is 242 g/mol. The maximum Gasteiger partial charge on any atom is 0.195 e. The minimum Gasteiger partial charge on any atom is -0.388 e. The number of nitrogens with zero attached hydrogens (tertiary/aromatic N) is 3. The molecular formula is C10H18N4OS. The molecule has 1 aliphatic heterocycles. The molecule has 0 unspecified atom stereocenters. The minimum atomic E-state index is -0.0624. The second kappa shape index (κ2) is 5.56. The second-order valence-electron chi connectivity index (χ2n) is 4.16. The van der Waals surface area contributed by atoms with E-state index in [1.165, 1.54) is 32.4 Å². The van der Waals surface area contributed by atoms with Crippen molar-refractivity contribution in [1.29, 1.82) is 0 Å². The van der Waals surface area contributed by atoms with Crippen molar-refractivity contribution in [3.63, 3.8) is 0 Å². The van der Waals surface area contributed by atoms with Gasteiger partial charge < -0.3 is 14.6 Å². The van der Waals surface area contributed by atoms with Crippen LogP contribution in [0, 0.1) is 4.77 Å². The third-order valence-corrected chi connectivity index (χ3v) is 3.38. The fourth-order valence-corrected chi connectivity index (χ4v) is 2.37. The molecule has 0 spiro atoms. The largest absolute Gasteiger partial charge is 0.388 e. The van der Waals surface area contributed by atoms with Crippen LogP contribution in [-0.4, -0.2) is 44.4 Å². The zero-order valence-electron chi connectivity index (χ0n) is 9.35. The number of likely N-dealkylation sites (tertiary alicyclic amines) is 1. The lowest BCUT2D eigenvalue weighted by Gasteiger charge is -2.26. The average Bonchev–Trinajstić information content (AvgIpc) is 2.69. The van der Waals surface area contributed by atoms with Crippen molar-refractivity contribution in [2.24, 2.45) is 0 Å². The van der Waals surface area contributed by atoms with E-state index in [0.29, 0.717) is 10.6 Å². The summed E-state index contributed by atoms with van der Waals surface area (Å²) in [5.74, 6) is 0.627. The van der Waals surface area contributed by atoms with Gasteiger partial charge in [0.25, 0.3) is 0 Å². The summed E-state index contributed by atoms with van der Waals surface area (Å²) in [6.07, 6.45) is 3.94. The molecule has 0 amide bonds. The van der Waals surface area contributed by atoms with Gasteiger partial charge >= 0.3 is 0 Å². The maximum atomic E-state index is 9.11. The Hall–Kier alpha value is -0.720. The van der Waals surface area contributed by atoms with Gasteiger partial charge in [-0.1, -0.05) is 6.42 Å².